The Morgan fingerprint density at radius 2 is 1.73 bits per heavy atom. The predicted octanol–water partition coefficient (Wildman–Crippen LogP) is 5.83. The molecule has 2 aromatic carbocycles. The number of aromatic hydroxyl groups is 1. The number of amides is 1. The van der Waals surface area contributed by atoms with Gasteiger partial charge in [-0.25, -0.2) is 9.37 Å². The highest BCUT2D eigenvalue weighted by Gasteiger charge is 2.24. The van der Waals surface area contributed by atoms with Gasteiger partial charge in [-0.15, -0.1) is 0 Å². The highest BCUT2D eigenvalue weighted by atomic mass is 35.5. The first kappa shape index (κ1) is 27.9. The molecule has 0 spiro atoms. The quantitative estimate of drug-likeness (QED) is 0.330. The Balaban J connectivity index is 1.38. The molecule has 2 aliphatic rings. The lowest BCUT2D eigenvalue weighted by molar-refractivity contribution is -0.106. The Morgan fingerprint density at radius 1 is 1.02 bits per heavy atom. The van der Waals surface area contributed by atoms with Crippen LogP contribution in [0, 0.1) is 11.7 Å². The fourth-order valence-electron chi connectivity index (χ4n) is 5.26. The number of phenolic OH excluding ortho intramolecular Hbond substituents is 1. The number of halogens is 2. The van der Waals surface area contributed by atoms with E-state index in [1.165, 1.54) is 42.8 Å². The van der Waals surface area contributed by atoms with Gasteiger partial charge in [0, 0.05) is 76.5 Å². The Hall–Kier alpha value is -3.62. The summed E-state index contributed by atoms with van der Waals surface area (Å²) in [5.41, 5.74) is 2.38. The molecule has 1 saturated carbocycles. The first-order valence-corrected chi connectivity index (χ1v) is 14.0. The minimum Gasteiger partial charge on any atom is -0.507 e. The number of rotatable bonds is 9. The van der Waals surface area contributed by atoms with Gasteiger partial charge in [-0.1, -0.05) is 24.1 Å². The molecular weight excluding hydrogens is 529 g/mol. The Morgan fingerprint density at radius 3 is 2.33 bits per heavy atom. The molecule has 7 nitrogen and oxygen atoms in total. The van der Waals surface area contributed by atoms with Gasteiger partial charge < -0.3 is 14.9 Å². The molecule has 1 saturated heterocycles. The summed E-state index contributed by atoms with van der Waals surface area (Å²) >= 11 is 6.53. The highest BCUT2D eigenvalue weighted by Crippen LogP contribution is 2.41. The fourth-order valence-corrected chi connectivity index (χ4v) is 5.54. The number of aromatic nitrogens is 1. The van der Waals surface area contributed by atoms with Crippen LogP contribution in [0.15, 0.2) is 61.1 Å². The standard InChI is InChI=1S/C31H35ClFN5O2/c1-35(2)10-13-38(21-39)29-7-6-23(16-28(29)32)26-18-25(33)19-27(31(26)40)24-8-9-34-30(17-24)37-14-11-36(12-15-37)20-22-4-3-5-22/h6-10,13,16-19,21-22,40H,3-5,11-12,14-15,20H2,1-2H3/b13-10-. The van der Waals surface area contributed by atoms with E-state index in [0.29, 0.717) is 39.4 Å². The number of carbonyl (C=O) groups is 1. The number of phenols is 1. The molecule has 2 heterocycles. The van der Waals surface area contributed by atoms with Crippen LogP contribution in [0.3, 0.4) is 0 Å². The van der Waals surface area contributed by atoms with Crippen LogP contribution in [-0.2, 0) is 4.79 Å². The van der Waals surface area contributed by atoms with Crippen LogP contribution in [0.1, 0.15) is 19.3 Å². The number of benzene rings is 2. The molecule has 0 atom stereocenters. The lowest BCUT2D eigenvalue weighted by atomic mass is 9.85. The number of anilines is 2. The second-order valence-corrected chi connectivity index (χ2v) is 11.2. The topological polar surface area (TPSA) is 63.2 Å². The number of carbonyl (C=O) groups excluding carboxylic acids is 1. The monoisotopic (exact) mass is 563 g/mol. The molecule has 1 aromatic heterocycles. The van der Waals surface area contributed by atoms with E-state index in [1.807, 2.05) is 20.2 Å². The zero-order chi connectivity index (χ0) is 28.2. The van der Waals surface area contributed by atoms with Crippen molar-refractivity contribution in [1.29, 1.82) is 0 Å². The molecule has 0 unspecified atom stereocenters. The van der Waals surface area contributed by atoms with Gasteiger partial charge in [-0.2, -0.15) is 0 Å². The summed E-state index contributed by atoms with van der Waals surface area (Å²) in [5, 5.41) is 11.6. The molecule has 2 fully saturated rings. The summed E-state index contributed by atoms with van der Waals surface area (Å²) in [6, 6.07) is 11.3. The third-order valence-corrected chi connectivity index (χ3v) is 8.05. The van der Waals surface area contributed by atoms with E-state index in [-0.39, 0.29) is 5.75 Å². The molecule has 0 bridgehead atoms. The fraction of sp³-hybridized carbons (Fsp3) is 0.355. The molecule has 1 aliphatic carbocycles. The second kappa shape index (κ2) is 12.3. The Kier molecular flexibility index (Phi) is 8.57. The molecule has 0 radical (unpaired) electrons. The van der Waals surface area contributed by atoms with E-state index in [4.69, 9.17) is 11.6 Å². The van der Waals surface area contributed by atoms with Crippen molar-refractivity contribution in [2.75, 3.05) is 56.6 Å². The van der Waals surface area contributed by atoms with Crippen molar-refractivity contribution in [3.05, 3.63) is 71.9 Å². The van der Waals surface area contributed by atoms with Crippen molar-refractivity contribution >= 4 is 29.5 Å². The average molecular weight is 564 g/mol. The van der Waals surface area contributed by atoms with Gasteiger partial charge in [-0.3, -0.25) is 14.6 Å². The van der Waals surface area contributed by atoms with Crippen LogP contribution in [0.5, 0.6) is 5.75 Å². The van der Waals surface area contributed by atoms with E-state index in [1.54, 1.807) is 47.8 Å². The van der Waals surface area contributed by atoms with Crippen molar-refractivity contribution in [1.82, 2.24) is 14.8 Å². The van der Waals surface area contributed by atoms with Crippen molar-refractivity contribution < 1.29 is 14.3 Å². The number of pyridine rings is 1. The van der Waals surface area contributed by atoms with E-state index >= 15 is 0 Å². The van der Waals surface area contributed by atoms with Gasteiger partial charge in [0.15, 0.2) is 0 Å². The van der Waals surface area contributed by atoms with Crippen LogP contribution in [0.2, 0.25) is 5.02 Å². The number of piperazine rings is 1. The molecule has 1 amide bonds. The van der Waals surface area contributed by atoms with Crippen LogP contribution in [-0.4, -0.2) is 73.1 Å². The predicted molar refractivity (Wildman–Crippen MR) is 159 cm³/mol. The average Bonchev–Trinajstić information content (AvgIpc) is 2.93. The van der Waals surface area contributed by atoms with Gasteiger partial charge in [0.05, 0.1) is 10.7 Å². The van der Waals surface area contributed by atoms with Gasteiger partial charge >= 0.3 is 0 Å². The van der Waals surface area contributed by atoms with E-state index in [0.717, 1.165) is 37.9 Å². The van der Waals surface area contributed by atoms with E-state index in [9.17, 15) is 14.3 Å². The second-order valence-electron chi connectivity index (χ2n) is 10.8. The smallest absolute Gasteiger partial charge is 0.218 e. The zero-order valence-electron chi connectivity index (χ0n) is 22.9. The maximum atomic E-state index is 14.9. The van der Waals surface area contributed by atoms with Crippen LogP contribution >= 0.6 is 11.6 Å². The van der Waals surface area contributed by atoms with Gasteiger partial charge in [0.25, 0.3) is 0 Å². The van der Waals surface area contributed by atoms with Crippen molar-refractivity contribution in [2.24, 2.45) is 5.92 Å². The van der Waals surface area contributed by atoms with Crippen molar-refractivity contribution in [3.8, 4) is 28.0 Å². The maximum absolute atomic E-state index is 14.9. The van der Waals surface area contributed by atoms with E-state index < -0.39 is 5.82 Å². The molecule has 5 rings (SSSR count). The number of hydrogen-bond donors (Lipinski definition) is 1. The van der Waals surface area contributed by atoms with Crippen LogP contribution < -0.4 is 9.80 Å². The molecule has 1 aliphatic heterocycles. The Labute approximate surface area is 240 Å². The summed E-state index contributed by atoms with van der Waals surface area (Å²) in [6.07, 6.45) is 9.75. The molecule has 40 heavy (non-hydrogen) atoms. The van der Waals surface area contributed by atoms with Crippen molar-refractivity contribution in [3.63, 3.8) is 0 Å². The zero-order valence-corrected chi connectivity index (χ0v) is 23.7. The minimum absolute atomic E-state index is 0.0487. The first-order valence-electron chi connectivity index (χ1n) is 13.7. The van der Waals surface area contributed by atoms with Crippen LogP contribution in [0.4, 0.5) is 15.9 Å². The summed E-state index contributed by atoms with van der Waals surface area (Å²) in [4.78, 5) is 24.2. The number of hydrogen-bond acceptors (Lipinski definition) is 6. The molecule has 9 heteroatoms. The third-order valence-electron chi connectivity index (χ3n) is 7.74. The Bertz CT molecular complexity index is 1390. The third kappa shape index (κ3) is 6.24. The highest BCUT2D eigenvalue weighted by molar-refractivity contribution is 6.34. The largest absolute Gasteiger partial charge is 0.507 e. The van der Waals surface area contributed by atoms with Gasteiger partial charge in [-0.05, 0) is 66.3 Å². The SMILES string of the molecule is CN(C)/C=C\N(C=O)c1ccc(-c2cc(F)cc(-c3ccnc(N4CCN(CC5CCC5)CC4)c3)c2O)cc1Cl. The summed E-state index contributed by atoms with van der Waals surface area (Å²) in [5.74, 6) is 1.15. The first-order chi connectivity index (χ1) is 19.3. The molecule has 210 valence electrons. The van der Waals surface area contributed by atoms with E-state index in [2.05, 4.69) is 14.8 Å². The maximum Gasteiger partial charge on any atom is 0.218 e. The molecular formula is C31H35ClFN5O2. The molecule has 1 N–H and O–H groups in total. The summed E-state index contributed by atoms with van der Waals surface area (Å²) < 4.78 is 14.9. The molecule has 3 aromatic rings. The van der Waals surface area contributed by atoms with Crippen molar-refractivity contribution in [2.45, 2.75) is 19.3 Å². The van der Waals surface area contributed by atoms with Gasteiger partial charge in [0.2, 0.25) is 6.41 Å². The lowest BCUT2D eigenvalue weighted by Gasteiger charge is -2.39. The summed E-state index contributed by atoms with van der Waals surface area (Å²) in [6.45, 7) is 4.96. The summed E-state index contributed by atoms with van der Waals surface area (Å²) in [7, 11) is 3.69. The van der Waals surface area contributed by atoms with Crippen LogP contribution in [0.25, 0.3) is 22.3 Å². The minimum atomic E-state index is -0.477. The number of nitrogens with zero attached hydrogens (tertiary/aromatic N) is 5. The normalized spacial score (nSPS) is 16.2. The van der Waals surface area contributed by atoms with Gasteiger partial charge in [0.1, 0.15) is 17.4 Å². The lowest BCUT2D eigenvalue weighted by Crippen LogP contribution is -2.48.